The van der Waals surface area contributed by atoms with Crippen LogP contribution < -0.4 is 0 Å². The van der Waals surface area contributed by atoms with Gasteiger partial charge in [0, 0.05) is 0 Å². The van der Waals surface area contributed by atoms with Crippen molar-refractivity contribution >= 4 is 5.97 Å². The summed E-state index contributed by atoms with van der Waals surface area (Å²) < 4.78 is 13.0. The second kappa shape index (κ2) is 3.23. The summed E-state index contributed by atoms with van der Waals surface area (Å²) in [6.07, 6.45) is 0. The molecule has 0 fully saturated rings. The lowest BCUT2D eigenvalue weighted by Crippen LogP contribution is -2.03. The fourth-order valence-corrected chi connectivity index (χ4v) is 1.02. The van der Waals surface area contributed by atoms with Crippen LogP contribution in [0.2, 0.25) is 0 Å². The summed E-state index contributed by atoms with van der Waals surface area (Å²) in [5, 5.41) is 17.1. The van der Waals surface area contributed by atoms with Gasteiger partial charge in [0.15, 0.2) is 0 Å². The standard InChI is InChI=1S/C9H6FNO2/c1-5-2-6(9(12)13)7(4-11)8(10)3-5/h2-3H,1H3,(H,12,13). The average Bonchev–Trinajstić information content (AvgIpc) is 2.02. The van der Waals surface area contributed by atoms with Crippen molar-refractivity contribution < 1.29 is 14.3 Å². The van der Waals surface area contributed by atoms with Crippen LogP contribution in [0.5, 0.6) is 0 Å². The van der Waals surface area contributed by atoms with Gasteiger partial charge in [-0.2, -0.15) is 5.26 Å². The Labute approximate surface area is 74.0 Å². The minimum atomic E-state index is -1.29. The number of halogens is 1. The van der Waals surface area contributed by atoms with Gasteiger partial charge in [-0.15, -0.1) is 0 Å². The van der Waals surface area contributed by atoms with Crippen molar-refractivity contribution in [3.63, 3.8) is 0 Å². The smallest absolute Gasteiger partial charge is 0.337 e. The lowest BCUT2D eigenvalue weighted by atomic mass is 10.0. The van der Waals surface area contributed by atoms with Crippen molar-refractivity contribution in [2.75, 3.05) is 0 Å². The fraction of sp³-hybridized carbons (Fsp3) is 0.111. The van der Waals surface area contributed by atoms with Crippen LogP contribution in [-0.2, 0) is 0 Å². The molecular formula is C9H6FNO2. The SMILES string of the molecule is Cc1cc(F)c(C#N)c(C(=O)O)c1. The van der Waals surface area contributed by atoms with Crippen molar-refractivity contribution in [3.8, 4) is 6.07 Å². The summed E-state index contributed by atoms with van der Waals surface area (Å²) in [6, 6.07) is 3.91. The Morgan fingerprint density at radius 3 is 2.69 bits per heavy atom. The fourth-order valence-electron chi connectivity index (χ4n) is 1.02. The highest BCUT2D eigenvalue weighted by molar-refractivity contribution is 5.90. The molecule has 0 amide bonds. The molecule has 0 atom stereocenters. The molecule has 66 valence electrons. The lowest BCUT2D eigenvalue weighted by Gasteiger charge is -2.00. The Bertz CT molecular complexity index is 407. The van der Waals surface area contributed by atoms with Gasteiger partial charge in [-0.25, -0.2) is 9.18 Å². The summed E-state index contributed by atoms with van der Waals surface area (Å²) in [5.74, 6) is -2.08. The minimum absolute atomic E-state index is 0.292. The molecule has 0 unspecified atom stereocenters. The summed E-state index contributed by atoms with van der Waals surface area (Å²) in [7, 11) is 0. The predicted molar refractivity (Wildman–Crippen MR) is 42.8 cm³/mol. The number of nitrogens with zero attached hydrogens (tertiary/aromatic N) is 1. The Morgan fingerprint density at radius 2 is 2.23 bits per heavy atom. The van der Waals surface area contributed by atoms with Gasteiger partial charge in [-0.1, -0.05) is 0 Å². The summed E-state index contributed by atoms with van der Waals surface area (Å²) in [5.41, 5.74) is -0.230. The van der Waals surface area contributed by atoms with Gasteiger partial charge < -0.3 is 5.11 Å². The monoisotopic (exact) mass is 179 g/mol. The van der Waals surface area contributed by atoms with Gasteiger partial charge >= 0.3 is 5.97 Å². The number of hydrogen-bond donors (Lipinski definition) is 1. The minimum Gasteiger partial charge on any atom is -0.478 e. The molecular weight excluding hydrogens is 173 g/mol. The first-order chi connectivity index (χ1) is 6.06. The van der Waals surface area contributed by atoms with E-state index in [0.717, 1.165) is 6.07 Å². The van der Waals surface area contributed by atoms with E-state index in [9.17, 15) is 9.18 Å². The van der Waals surface area contributed by atoms with E-state index in [1.807, 2.05) is 0 Å². The van der Waals surface area contributed by atoms with Crippen LogP contribution in [0.15, 0.2) is 12.1 Å². The first kappa shape index (κ1) is 9.20. The highest BCUT2D eigenvalue weighted by Gasteiger charge is 2.14. The molecule has 1 rings (SSSR count). The zero-order valence-electron chi connectivity index (χ0n) is 6.84. The van der Waals surface area contributed by atoms with Crippen molar-refractivity contribution in [3.05, 3.63) is 34.6 Å². The first-order valence-electron chi connectivity index (χ1n) is 3.50. The molecule has 1 N–H and O–H groups in total. The van der Waals surface area contributed by atoms with E-state index in [1.165, 1.54) is 12.1 Å². The zero-order valence-corrected chi connectivity index (χ0v) is 6.84. The third kappa shape index (κ3) is 1.64. The second-order valence-electron chi connectivity index (χ2n) is 2.59. The Morgan fingerprint density at radius 1 is 1.62 bits per heavy atom. The van der Waals surface area contributed by atoms with Crippen LogP contribution in [0, 0.1) is 24.1 Å². The zero-order chi connectivity index (χ0) is 10.0. The van der Waals surface area contributed by atoms with Gasteiger partial charge in [0.25, 0.3) is 0 Å². The molecule has 1 aromatic carbocycles. The van der Waals surface area contributed by atoms with Crippen molar-refractivity contribution in [1.82, 2.24) is 0 Å². The molecule has 0 aliphatic rings. The molecule has 0 aliphatic carbocycles. The summed E-state index contributed by atoms with van der Waals surface area (Å²) in [4.78, 5) is 10.6. The van der Waals surface area contributed by atoms with Crippen LogP contribution in [0.1, 0.15) is 21.5 Å². The van der Waals surface area contributed by atoms with Gasteiger partial charge in [-0.05, 0) is 24.6 Å². The van der Waals surface area contributed by atoms with E-state index >= 15 is 0 Å². The van der Waals surface area contributed by atoms with Crippen molar-refractivity contribution in [2.45, 2.75) is 6.92 Å². The van der Waals surface area contributed by atoms with Crippen LogP contribution in [0.25, 0.3) is 0 Å². The highest BCUT2D eigenvalue weighted by Crippen LogP contribution is 2.15. The molecule has 3 nitrogen and oxygen atoms in total. The van der Waals surface area contributed by atoms with Crippen LogP contribution >= 0.6 is 0 Å². The molecule has 0 radical (unpaired) electrons. The van der Waals surface area contributed by atoms with Gasteiger partial charge in [-0.3, -0.25) is 0 Å². The molecule has 4 heteroatoms. The first-order valence-corrected chi connectivity index (χ1v) is 3.50. The number of carbonyl (C=O) groups is 1. The highest BCUT2D eigenvalue weighted by atomic mass is 19.1. The number of benzene rings is 1. The van der Waals surface area contributed by atoms with Crippen molar-refractivity contribution in [1.29, 1.82) is 5.26 Å². The van der Waals surface area contributed by atoms with Crippen LogP contribution in [0.4, 0.5) is 4.39 Å². The molecule has 0 heterocycles. The predicted octanol–water partition coefficient (Wildman–Crippen LogP) is 1.70. The molecule has 0 saturated carbocycles. The number of nitriles is 1. The molecule has 13 heavy (non-hydrogen) atoms. The van der Waals surface area contributed by atoms with Gasteiger partial charge in [0.05, 0.1) is 5.56 Å². The molecule has 0 saturated heterocycles. The van der Waals surface area contributed by atoms with Crippen LogP contribution in [-0.4, -0.2) is 11.1 Å². The van der Waals surface area contributed by atoms with Crippen LogP contribution in [0.3, 0.4) is 0 Å². The van der Waals surface area contributed by atoms with Crippen molar-refractivity contribution in [2.24, 2.45) is 0 Å². The Balaban J connectivity index is 3.50. The Hall–Kier alpha value is -1.89. The third-order valence-corrected chi connectivity index (χ3v) is 1.58. The summed E-state index contributed by atoms with van der Waals surface area (Å²) in [6.45, 7) is 1.57. The number of aryl methyl sites for hydroxylation is 1. The Kier molecular flexibility index (Phi) is 2.29. The average molecular weight is 179 g/mol. The van der Waals surface area contributed by atoms with E-state index in [4.69, 9.17) is 10.4 Å². The van der Waals surface area contributed by atoms with E-state index in [0.29, 0.717) is 5.56 Å². The normalized spacial score (nSPS) is 9.31. The number of carboxylic acids is 1. The topological polar surface area (TPSA) is 61.1 Å². The number of aromatic carboxylic acids is 1. The number of hydrogen-bond acceptors (Lipinski definition) is 2. The third-order valence-electron chi connectivity index (χ3n) is 1.58. The molecule has 0 spiro atoms. The number of carboxylic acid groups (broad SMARTS) is 1. The molecule has 0 bridgehead atoms. The van der Waals surface area contributed by atoms with Gasteiger partial charge in [0.1, 0.15) is 17.4 Å². The summed E-state index contributed by atoms with van der Waals surface area (Å²) >= 11 is 0. The maximum atomic E-state index is 13.0. The number of rotatable bonds is 1. The maximum absolute atomic E-state index is 13.0. The van der Waals surface area contributed by atoms with Gasteiger partial charge in [0.2, 0.25) is 0 Å². The molecule has 1 aromatic rings. The molecule has 0 aromatic heterocycles. The van der Waals surface area contributed by atoms with E-state index in [2.05, 4.69) is 0 Å². The van der Waals surface area contributed by atoms with E-state index in [1.54, 1.807) is 6.92 Å². The van der Waals surface area contributed by atoms with E-state index in [-0.39, 0.29) is 5.56 Å². The molecule has 0 aliphatic heterocycles. The largest absolute Gasteiger partial charge is 0.478 e. The quantitative estimate of drug-likeness (QED) is 0.713. The maximum Gasteiger partial charge on any atom is 0.337 e. The second-order valence-corrected chi connectivity index (χ2v) is 2.59. The lowest BCUT2D eigenvalue weighted by molar-refractivity contribution is 0.0696. The van der Waals surface area contributed by atoms with E-state index < -0.39 is 17.3 Å².